The maximum atomic E-state index is 13.3. The molecule has 0 bridgehead atoms. The van der Waals surface area contributed by atoms with E-state index in [4.69, 9.17) is 17.3 Å². The lowest BCUT2D eigenvalue weighted by molar-refractivity contribution is 0.287. The Morgan fingerprint density at radius 3 is 2.57 bits per heavy atom. The van der Waals surface area contributed by atoms with E-state index in [1.54, 1.807) is 13.2 Å². The van der Waals surface area contributed by atoms with Gasteiger partial charge in [-0.3, -0.25) is 4.79 Å². The predicted octanol–water partition coefficient (Wildman–Crippen LogP) is 3.42. The SMILES string of the molecule is CNc1cnn(C2CCC(N(CCCN)c3ccc(F)cc3)CC2)c(=O)c1Cl. The zero-order valence-corrected chi connectivity index (χ0v) is 16.8. The molecular weight excluding hydrogens is 381 g/mol. The largest absolute Gasteiger partial charge is 0.385 e. The van der Waals surface area contributed by atoms with Crippen molar-refractivity contribution in [3.63, 3.8) is 0 Å². The van der Waals surface area contributed by atoms with Gasteiger partial charge in [-0.15, -0.1) is 0 Å². The van der Waals surface area contributed by atoms with Crippen molar-refractivity contribution in [3.05, 3.63) is 51.7 Å². The molecule has 1 aliphatic rings. The lowest BCUT2D eigenvalue weighted by Gasteiger charge is -2.38. The topological polar surface area (TPSA) is 76.2 Å². The van der Waals surface area contributed by atoms with Crippen LogP contribution in [0.3, 0.4) is 0 Å². The summed E-state index contributed by atoms with van der Waals surface area (Å²) in [6, 6.07) is 6.99. The van der Waals surface area contributed by atoms with Crippen molar-refractivity contribution in [2.75, 3.05) is 30.4 Å². The Morgan fingerprint density at radius 1 is 1.29 bits per heavy atom. The van der Waals surface area contributed by atoms with E-state index in [2.05, 4.69) is 15.3 Å². The number of benzene rings is 1. The monoisotopic (exact) mass is 407 g/mol. The van der Waals surface area contributed by atoms with Crippen LogP contribution in [0.2, 0.25) is 5.02 Å². The first kappa shape index (κ1) is 20.6. The van der Waals surface area contributed by atoms with Crippen LogP contribution in [0, 0.1) is 5.82 Å². The number of hydrogen-bond acceptors (Lipinski definition) is 5. The maximum Gasteiger partial charge on any atom is 0.287 e. The summed E-state index contributed by atoms with van der Waals surface area (Å²) in [6.45, 7) is 1.45. The zero-order valence-electron chi connectivity index (χ0n) is 16.1. The Kier molecular flexibility index (Phi) is 6.91. The highest BCUT2D eigenvalue weighted by Gasteiger charge is 2.28. The molecule has 0 aliphatic heterocycles. The van der Waals surface area contributed by atoms with E-state index in [0.29, 0.717) is 18.3 Å². The highest BCUT2D eigenvalue weighted by Crippen LogP contribution is 2.33. The van der Waals surface area contributed by atoms with E-state index >= 15 is 0 Å². The van der Waals surface area contributed by atoms with Crippen molar-refractivity contribution in [3.8, 4) is 0 Å². The molecule has 28 heavy (non-hydrogen) atoms. The standard InChI is InChI=1S/C20H27ClFN5O/c1-24-18-13-25-27(20(28)19(18)21)17-9-7-16(8-10-17)26(12-2-11-23)15-5-3-14(22)4-6-15/h3-6,13,16-17,24H,2,7-12,23H2,1H3. The van der Waals surface area contributed by atoms with Gasteiger partial charge in [0.1, 0.15) is 10.8 Å². The van der Waals surface area contributed by atoms with Gasteiger partial charge in [-0.25, -0.2) is 9.07 Å². The summed E-state index contributed by atoms with van der Waals surface area (Å²) < 4.78 is 14.8. The quantitative estimate of drug-likeness (QED) is 0.735. The molecule has 2 aromatic rings. The summed E-state index contributed by atoms with van der Waals surface area (Å²) in [5.74, 6) is -0.237. The molecule has 0 radical (unpaired) electrons. The molecule has 1 aromatic heterocycles. The lowest BCUT2D eigenvalue weighted by Crippen LogP contribution is -2.41. The van der Waals surface area contributed by atoms with Crippen molar-refractivity contribution in [1.82, 2.24) is 9.78 Å². The van der Waals surface area contributed by atoms with E-state index in [-0.39, 0.29) is 22.4 Å². The minimum absolute atomic E-state index is 0.0386. The normalized spacial score (nSPS) is 19.4. The molecule has 1 fully saturated rings. The molecule has 0 spiro atoms. The minimum atomic E-state index is -0.254. The minimum Gasteiger partial charge on any atom is -0.385 e. The van der Waals surface area contributed by atoms with Crippen LogP contribution in [0.5, 0.6) is 0 Å². The fourth-order valence-corrected chi connectivity index (χ4v) is 4.14. The van der Waals surface area contributed by atoms with E-state index < -0.39 is 0 Å². The summed E-state index contributed by atoms with van der Waals surface area (Å²) in [5.41, 5.74) is 7.01. The van der Waals surface area contributed by atoms with Gasteiger partial charge in [-0.1, -0.05) is 11.6 Å². The molecule has 0 saturated heterocycles. The smallest absolute Gasteiger partial charge is 0.287 e. The average molecular weight is 408 g/mol. The number of nitrogens with two attached hydrogens (primary N) is 1. The third-order valence-corrected chi connectivity index (χ3v) is 5.79. The summed E-state index contributed by atoms with van der Waals surface area (Å²) in [7, 11) is 1.71. The van der Waals surface area contributed by atoms with Gasteiger partial charge in [-0.2, -0.15) is 5.10 Å². The molecule has 6 nitrogen and oxygen atoms in total. The van der Waals surface area contributed by atoms with Crippen LogP contribution < -0.4 is 21.5 Å². The third kappa shape index (κ3) is 4.47. The van der Waals surface area contributed by atoms with E-state index in [0.717, 1.165) is 44.3 Å². The molecule has 1 saturated carbocycles. The molecule has 0 amide bonds. The van der Waals surface area contributed by atoms with Crippen LogP contribution in [0.4, 0.5) is 15.8 Å². The molecule has 152 valence electrons. The predicted molar refractivity (Wildman–Crippen MR) is 112 cm³/mol. The first-order valence-corrected chi connectivity index (χ1v) is 10.1. The van der Waals surface area contributed by atoms with Crippen LogP contribution in [0.15, 0.2) is 35.3 Å². The second-order valence-corrected chi connectivity index (χ2v) is 7.52. The van der Waals surface area contributed by atoms with Gasteiger partial charge in [0.05, 0.1) is 17.9 Å². The Labute approximate surface area is 169 Å². The van der Waals surface area contributed by atoms with Crippen molar-refractivity contribution >= 4 is 23.0 Å². The second kappa shape index (κ2) is 9.39. The molecule has 1 heterocycles. The molecule has 3 rings (SSSR count). The van der Waals surface area contributed by atoms with Crippen molar-refractivity contribution in [1.29, 1.82) is 0 Å². The molecule has 8 heteroatoms. The fourth-order valence-electron chi connectivity index (χ4n) is 3.91. The van der Waals surface area contributed by atoms with Crippen LogP contribution >= 0.6 is 11.6 Å². The number of nitrogens with zero attached hydrogens (tertiary/aromatic N) is 3. The third-order valence-electron chi connectivity index (χ3n) is 5.43. The molecule has 0 atom stereocenters. The fraction of sp³-hybridized carbons (Fsp3) is 0.500. The molecule has 1 aromatic carbocycles. The van der Waals surface area contributed by atoms with E-state index in [9.17, 15) is 9.18 Å². The number of halogens is 2. The van der Waals surface area contributed by atoms with Gasteiger partial charge in [0.15, 0.2) is 0 Å². The highest BCUT2D eigenvalue weighted by atomic mass is 35.5. The van der Waals surface area contributed by atoms with Gasteiger partial charge in [0, 0.05) is 25.3 Å². The molecular formula is C20H27ClFN5O. The average Bonchev–Trinajstić information content (AvgIpc) is 2.72. The van der Waals surface area contributed by atoms with Crippen LogP contribution in [-0.4, -0.2) is 36.0 Å². The second-order valence-electron chi connectivity index (χ2n) is 7.15. The molecule has 1 aliphatic carbocycles. The van der Waals surface area contributed by atoms with Crippen LogP contribution in [0.25, 0.3) is 0 Å². The van der Waals surface area contributed by atoms with Crippen LogP contribution in [0.1, 0.15) is 38.1 Å². The number of nitrogens with one attached hydrogen (secondary N) is 1. The summed E-state index contributed by atoms with van der Waals surface area (Å²) >= 11 is 6.16. The number of anilines is 2. The van der Waals surface area contributed by atoms with Crippen LogP contribution in [-0.2, 0) is 0 Å². The van der Waals surface area contributed by atoms with E-state index in [1.807, 2.05) is 12.1 Å². The summed E-state index contributed by atoms with van der Waals surface area (Å²) in [4.78, 5) is 14.8. The van der Waals surface area contributed by atoms with Gasteiger partial charge in [0.25, 0.3) is 5.56 Å². The number of hydrogen-bond donors (Lipinski definition) is 2. The summed E-state index contributed by atoms with van der Waals surface area (Å²) in [5, 5.41) is 7.36. The summed E-state index contributed by atoms with van der Waals surface area (Å²) in [6.07, 6.45) is 6.00. The Morgan fingerprint density at radius 2 is 1.96 bits per heavy atom. The van der Waals surface area contributed by atoms with Gasteiger partial charge < -0.3 is 16.0 Å². The Hall–Kier alpha value is -2.12. The Bertz CT molecular complexity index is 833. The van der Waals surface area contributed by atoms with Crippen molar-refractivity contribution < 1.29 is 4.39 Å². The maximum absolute atomic E-state index is 13.3. The molecule has 3 N–H and O–H groups in total. The Balaban J connectivity index is 1.73. The molecule has 0 unspecified atom stereocenters. The number of aromatic nitrogens is 2. The van der Waals surface area contributed by atoms with Crippen molar-refractivity contribution in [2.45, 2.75) is 44.2 Å². The lowest BCUT2D eigenvalue weighted by atomic mass is 9.89. The van der Waals surface area contributed by atoms with E-state index in [1.165, 1.54) is 16.8 Å². The van der Waals surface area contributed by atoms with Gasteiger partial charge in [-0.05, 0) is 62.9 Å². The zero-order chi connectivity index (χ0) is 20.1. The van der Waals surface area contributed by atoms with Gasteiger partial charge in [0.2, 0.25) is 0 Å². The van der Waals surface area contributed by atoms with Gasteiger partial charge >= 0.3 is 0 Å². The first-order valence-electron chi connectivity index (χ1n) is 9.72. The first-order chi connectivity index (χ1) is 13.5. The highest BCUT2D eigenvalue weighted by molar-refractivity contribution is 6.32. The van der Waals surface area contributed by atoms with Crippen molar-refractivity contribution in [2.24, 2.45) is 5.73 Å². The number of rotatable bonds is 7.